The van der Waals surface area contributed by atoms with Gasteiger partial charge in [0.15, 0.2) is 5.78 Å². The van der Waals surface area contributed by atoms with Crippen molar-refractivity contribution < 1.29 is 24.2 Å². The highest BCUT2D eigenvalue weighted by molar-refractivity contribution is 5.96. The number of nitrogens with one attached hydrogen (secondary N) is 1. The lowest BCUT2D eigenvalue weighted by Gasteiger charge is -2.32. The number of hydrogen-bond donors (Lipinski definition) is 2. The molecular weight excluding hydrogens is 516 g/mol. The van der Waals surface area contributed by atoms with Gasteiger partial charge in [0.05, 0.1) is 19.8 Å². The van der Waals surface area contributed by atoms with Crippen LogP contribution in [0.15, 0.2) is 48.5 Å². The van der Waals surface area contributed by atoms with E-state index in [9.17, 15) is 14.7 Å². The van der Waals surface area contributed by atoms with Crippen molar-refractivity contribution in [2.75, 3.05) is 20.3 Å². The van der Waals surface area contributed by atoms with E-state index in [2.05, 4.69) is 24.1 Å². The van der Waals surface area contributed by atoms with E-state index in [-0.39, 0.29) is 11.7 Å². The summed E-state index contributed by atoms with van der Waals surface area (Å²) in [5.74, 6) is 2.23. The number of Topliss-reactive ketones (excluding diaryl/α,β-unsaturated/α-hetero) is 1. The van der Waals surface area contributed by atoms with Gasteiger partial charge in [0, 0.05) is 37.0 Å². The molecule has 2 aliphatic heterocycles. The van der Waals surface area contributed by atoms with Crippen molar-refractivity contribution in [3.8, 4) is 11.5 Å². The number of unbranched alkanes of at least 4 members (excludes halogenated alkanes) is 4. The lowest BCUT2D eigenvalue weighted by atomic mass is 9.83. The molecule has 0 spiro atoms. The van der Waals surface area contributed by atoms with Gasteiger partial charge in [0.25, 0.3) is 0 Å². The van der Waals surface area contributed by atoms with Crippen molar-refractivity contribution in [2.24, 2.45) is 5.92 Å². The number of benzene rings is 2. The van der Waals surface area contributed by atoms with Gasteiger partial charge in [-0.05, 0) is 86.9 Å². The zero-order valence-electron chi connectivity index (χ0n) is 25.0. The monoisotopic (exact) mass is 564 g/mol. The molecule has 1 amide bonds. The SMILES string of the molecule is CCCCCCOc1ccc([C@@H](O)[C@@H](CN2C3CC(C3)C2C)NC(=O)CCCCC(=O)c2ccc(OC)cc2)cc1. The summed E-state index contributed by atoms with van der Waals surface area (Å²) >= 11 is 0. The number of fused-ring (bicyclic) bond motifs is 1. The van der Waals surface area contributed by atoms with E-state index in [1.54, 1.807) is 31.4 Å². The van der Waals surface area contributed by atoms with Gasteiger partial charge < -0.3 is 19.9 Å². The Labute approximate surface area is 245 Å². The highest BCUT2D eigenvalue weighted by Crippen LogP contribution is 2.45. The molecule has 1 aliphatic carbocycles. The first kappa shape index (κ1) is 31.0. The summed E-state index contributed by atoms with van der Waals surface area (Å²) < 4.78 is 11.0. The number of aliphatic hydroxyl groups is 1. The van der Waals surface area contributed by atoms with Gasteiger partial charge in [-0.2, -0.15) is 0 Å². The topological polar surface area (TPSA) is 88.1 Å². The molecule has 7 nitrogen and oxygen atoms in total. The summed E-state index contributed by atoms with van der Waals surface area (Å²) in [5, 5.41) is 14.6. The summed E-state index contributed by atoms with van der Waals surface area (Å²) in [7, 11) is 1.60. The van der Waals surface area contributed by atoms with Crippen LogP contribution < -0.4 is 14.8 Å². The molecule has 1 saturated carbocycles. The van der Waals surface area contributed by atoms with Crippen LogP contribution >= 0.6 is 0 Å². The number of ketones is 1. The number of aliphatic hydroxyl groups excluding tert-OH is 1. The van der Waals surface area contributed by atoms with Crippen LogP contribution in [-0.2, 0) is 4.79 Å². The first-order valence-electron chi connectivity index (χ1n) is 15.5. The number of carbonyl (C=O) groups is 2. The van der Waals surface area contributed by atoms with Crippen LogP contribution in [0.3, 0.4) is 0 Å². The summed E-state index contributed by atoms with van der Waals surface area (Å²) in [6.45, 7) is 5.78. The van der Waals surface area contributed by atoms with Gasteiger partial charge in [-0.25, -0.2) is 0 Å². The van der Waals surface area contributed by atoms with Gasteiger partial charge in [-0.1, -0.05) is 38.3 Å². The molecule has 2 bridgehead atoms. The Morgan fingerprint density at radius 1 is 0.951 bits per heavy atom. The van der Waals surface area contributed by atoms with Gasteiger partial charge >= 0.3 is 0 Å². The van der Waals surface area contributed by atoms with E-state index in [0.717, 1.165) is 29.4 Å². The molecule has 2 heterocycles. The Morgan fingerprint density at radius 2 is 1.63 bits per heavy atom. The van der Waals surface area contributed by atoms with Crippen LogP contribution in [0.4, 0.5) is 0 Å². The molecule has 2 saturated heterocycles. The van der Waals surface area contributed by atoms with E-state index >= 15 is 0 Å². The lowest BCUT2D eigenvalue weighted by molar-refractivity contribution is -0.123. The minimum absolute atomic E-state index is 0.0664. The van der Waals surface area contributed by atoms with E-state index in [0.29, 0.717) is 56.5 Å². The minimum atomic E-state index is -0.820. The molecule has 3 fully saturated rings. The molecule has 1 unspecified atom stereocenters. The Balaban J connectivity index is 1.28. The number of methoxy groups -OCH3 is 1. The zero-order chi connectivity index (χ0) is 29.2. The molecule has 5 rings (SSSR count). The number of rotatable bonds is 18. The third kappa shape index (κ3) is 8.55. The quantitative estimate of drug-likeness (QED) is 0.168. The number of ether oxygens (including phenoxy) is 2. The van der Waals surface area contributed by atoms with Crippen molar-refractivity contribution in [1.29, 1.82) is 0 Å². The Bertz CT molecular complexity index is 1100. The molecule has 0 aromatic heterocycles. The fourth-order valence-electron chi connectivity index (χ4n) is 6.15. The van der Waals surface area contributed by atoms with Crippen LogP contribution in [0.1, 0.15) is 100 Å². The predicted octanol–water partition coefficient (Wildman–Crippen LogP) is 6.10. The van der Waals surface area contributed by atoms with Crippen LogP contribution in [0.5, 0.6) is 11.5 Å². The highest BCUT2D eigenvalue weighted by atomic mass is 16.5. The standard InChI is InChI=1S/C34H48N2O5/c1-4-5-6-9-20-41-30-18-14-26(15-19-30)34(39)31(23-36-24(2)27-21-28(36)22-27)35-33(38)11-8-7-10-32(37)25-12-16-29(40-3)17-13-25/h12-19,24,27-28,31,34,39H,4-11,20-23H2,1-3H3,(H,35,38)/t24?,27?,28?,31-,34-/m1/s1. The summed E-state index contributed by atoms with van der Waals surface area (Å²) in [4.78, 5) is 28.0. The molecule has 3 atom stereocenters. The Hall–Kier alpha value is -2.90. The van der Waals surface area contributed by atoms with Crippen molar-refractivity contribution >= 4 is 11.7 Å². The molecule has 2 aromatic carbocycles. The maximum absolute atomic E-state index is 13.0. The minimum Gasteiger partial charge on any atom is -0.497 e. The second-order valence-electron chi connectivity index (χ2n) is 11.8. The fraction of sp³-hybridized carbons (Fsp3) is 0.588. The number of amides is 1. The number of carbonyl (C=O) groups excluding carboxylic acids is 2. The van der Waals surface area contributed by atoms with Crippen LogP contribution in [0.25, 0.3) is 0 Å². The van der Waals surface area contributed by atoms with Crippen molar-refractivity contribution in [3.63, 3.8) is 0 Å². The third-order valence-corrected chi connectivity index (χ3v) is 8.92. The largest absolute Gasteiger partial charge is 0.497 e. The smallest absolute Gasteiger partial charge is 0.220 e. The second kappa shape index (κ2) is 15.4. The Kier molecular flexibility index (Phi) is 11.6. The van der Waals surface area contributed by atoms with Gasteiger partial charge in [-0.15, -0.1) is 0 Å². The summed E-state index contributed by atoms with van der Waals surface area (Å²) in [5.41, 5.74) is 1.43. The number of hydrogen-bond acceptors (Lipinski definition) is 6. The maximum atomic E-state index is 13.0. The molecule has 41 heavy (non-hydrogen) atoms. The van der Waals surface area contributed by atoms with E-state index in [1.165, 1.54) is 32.1 Å². The first-order chi connectivity index (χ1) is 19.9. The normalized spacial score (nSPS) is 21.1. The average Bonchev–Trinajstić information content (AvgIpc) is 3.44. The van der Waals surface area contributed by atoms with E-state index in [1.807, 2.05) is 24.3 Å². The van der Waals surface area contributed by atoms with Gasteiger partial charge in [-0.3, -0.25) is 14.5 Å². The van der Waals surface area contributed by atoms with E-state index < -0.39 is 12.1 Å². The Morgan fingerprint density at radius 3 is 2.27 bits per heavy atom. The second-order valence-corrected chi connectivity index (χ2v) is 11.8. The van der Waals surface area contributed by atoms with Crippen molar-refractivity contribution in [3.05, 3.63) is 59.7 Å². The van der Waals surface area contributed by atoms with E-state index in [4.69, 9.17) is 9.47 Å². The van der Waals surface area contributed by atoms with Crippen LogP contribution in [-0.4, -0.2) is 60.1 Å². The van der Waals surface area contributed by atoms with Gasteiger partial charge in [0.1, 0.15) is 17.6 Å². The highest BCUT2D eigenvalue weighted by Gasteiger charge is 2.49. The van der Waals surface area contributed by atoms with Crippen molar-refractivity contribution in [1.82, 2.24) is 10.2 Å². The van der Waals surface area contributed by atoms with Crippen molar-refractivity contribution in [2.45, 2.75) is 102 Å². The molecule has 0 radical (unpaired) electrons. The zero-order valence-corrected chi connectivity index (χ0v) is 25.0. The molecule has 7 heteroatoms. The predicted molar refractivity (Wildman–Crippen MR) is 161 cm³/mol. The first-order valence-corrected chi connectivity index (χ1v) is 15.5. The number of nitrogens with zero attached hydrogens (tertiary/aromatic N) is 1. The molecule has 2 N–H and O–H groups in total. The molecular formula is C34H48N2O5. The molecule has 224 valence electrons. The maximum Gasteiger partial charge on any atom is 0.220 e. The summed E-state index contributed by atoms with van der Waals surface area (Å²) in [6, 6.07) is 15.4. The average molecular weight is 565 g/mol. The molecule has 3 aliphatic rings. The van der Waals surface area contributed by atoms with Gasteiger partial charge in [0.2, 0.25) is 5.91 Å². The molecule has 2 aromatic rings. The lowest BCUT2D eigenvalue weighted by Crippen LogP contribution is -2.49. The third-order valence-electron chi connectivity index (χ3n) is 8.92. The van der Waals surface area contributed by atoms with Crippen LogP contribution in [0.2, 0.25) is 0 Å². The summed E-state index contributed by atoms with van der Waals surface area (Å²) in [6.07, 6.45) is 8.21. The van der Waals surface area contributed by atoms with Crippen LogP contribution in [0, 0.1) is 5.92 Å². The fourth-order valence-corrected chi connectivity index (χ4v) is 6.15.